The van der Waals surface area contributed by atoms with Crippen molar-refractivity contribution in [3.63, 3.8) is 0 Å². The molecule has 5 rings (SSSR count). The Balaban J connectivity index is 1.42. The highest BCUT2D eigenvalue weighted by Gasteiger charge is 2.52. The molecule has 8 nitrogen and oxygen atoms in total. The molecule has 2 aromatic carbocycles. The molecule has 8 heteroatoms. The minimum atomic E-state index is -1.19. The van der Waals surface area contributed by atoms with E-state index in [9.17, 15) is 14.4 Å². The first-order valence-corrected chi connectivity index (χ1v) is 11.6. The first kappa shape index (κ1) is 22.6. The van der Waals surface area contributed by atoms with Gasteiger partial charge >= 0.3 is 6.03 Å². The lowest BCUT2D eigenvalue weighted by Crippen LogP contribution is -2.45. The molecule has 0 bridgehead atoms. The van der Waals surface area contributed by atoms with Gasteiger partial charge in [0.25, 0.3) is 11.8 Å². The summed E-state index contributed by atoms with van der Waals surface area (Å²) in [6, 6.07) is 19.5. The van der Waals surface area contributed by atoms with E-state index in [0.717, 1.165) is 21.7 Å². The number of amides is 4. The summed E-state index contributed by atoms with van der Waals surface area (Å²) >= 11 is 0. The zero-order valence-electron chi connectivity index (χ0n) is 19.6. The van der Waals surface area contributed by atoms with E-state index in [4.69, 9.17) is 4.42 Å². The van der Waals surface area contributed by atoms with E-state index in [-0.39, 0.29) is 0 Å². The van der Waals surface area contributed by atoms with Gasteiger partial charge in [0.05, 0.1) is 12.0 Å². The lowest BCUT2D eigenvalue weighted by atomic mass is 9.87. The van der Waals surface area contributed by atoms with E-state index in [0.29, 0.717) is 24.2 Å². The van der Waals surface area contributed by atoms with Gasteiger partial charge in [-0.3, -0.25) is 14.5 Å². The SMILES string of the molecule is CC[C@]1(c2ccccc2)NC(=O)N(CC(=O)N2N=C(c3ccc(C)cc3)C[C@@H]2c2ccco2)C1=O. The van der Waals surface area contributed by atoms with Crippen LogP contribution < -0.4 is 5.32 Å². The highest BCUT2D eigenvalue weighted by atomic mass is 16.3. The monoisotopic (exact) mass is 470 g/mol. The van der Waals surface area contributed by atoms with Crippen molar-refractivity contribution in [1.82, 2.24) is 15.2 Å². The van der Waals surface area contributed by atoms with E-state index in [1.54, 1.807) is 30.5 Å². The largest absolute Gasteiger partial charge is 0.467 e. The van der Waals surface area contributed by atoms with Gasteiger partial charge in [-0.2, -0.15) is 5.10 Å². The molecule has 4 amide bonds. The van der Waals surface area contributed by atoms with Crippen LogP contribution in [-0.4, -0.2) is 40.0 Å². The van der Waals surface area contributed by atoms with Gasteiger partial charge < -0.3 is 9.73 Å². The molecule has 35 heavy (non-hydrogen) atoms. The van der Waals surface area contributed by atoms with Gasteiger partial charge in [0.2, 0.25) is 0 Å². The smallest absolute Gasteiger partial charge is 0.325 e. The number of hydrogen-bond acceptors (Lipinski definition) is 5. The molecule has 1 N–H and O–H groups in total. The molecule has 0 unspecified atom stereocenters. The molecule has 1 saturated heterocycles. The summed E-state index contributed by atoms with van der Waals surface area (Å²) in [4.78, 5) is 40.8. The van der Waals surface area contributed by atoms with Gasteiger partial charge in [0, 0.05) is 6.42 Å². The Morgan fingerprint density at radius 3 is 2.49 bits per heavy atom. The van der Waals surface area contributed by atoms with E-state index in [1.807, 2.05) is 56.3 Å². The molecular formula is C27H26N4O4. The fourth-order valence-corrected chi connectivity index (χ4v) is 4.70. The average molecular weight is 471 g/mol. The number of hydrogen-bond donors (Lipinski definition) is 1. The fourth-order valence-electron chi connectivity index (χ4n) is 4.70. The molecule has 0 spiro atoms. The van der Waals surface area contributed by atoms with Crippen molar-refractivity contribution in [2.24, 2.45) is 5.10 Å². The molecule has 0 saturated carbocycles. The normalized spacial score (nSPS) is 21.9. The predicted molar refractivity (Wildman–Crippen MR) is 129 cm³/mol. The molecular weight excluding hydrogens is 444 g/mol. The molecule has 0 radical (unpaired) electrons. The molecule has 1 aromatic heterocycles. The number of nitrogens with one attached hydrogen (secondary N) is 1. The van der Waals surface area contributed by atoms with Gasteiger partial charge in [-0.15, -0.1) is 0 Å². The van der Waals surface area contributed by atoms with Crippen molar-refractivity contribution >= 4 is 23.6 Å². The molecule has 2 aliphatic rings. The Kier molecular flexibility index (Phi) is 5.72. The van der Waals surface area contributed by atoms with Crippen molar-refractivity contribution in [3.05, 3.63) is 95.4 Å². The quantitative estimate of drug-likeness (QED) is 0.548. The molecule has 2 atom stereocenters. The first-order valence-electron chi connectivity index (χ1n) is 11.6. The maximum atomic E-state index is 13.5. The minimum Gasteiger partial charge on any atom is -0.467 e. The number of carbonyl (C=O) groups is 3. The Hall–Kier alpha value is -4.20. The number of urea groups is 1. The number of aryl methyl sites for hydroxylation is 1. The molecule has 3 aromatic rings. The number of carbonyl (C=O) groups excluding carboxylic acids is 3. The second-order valence-corrected chi connectivity index (χ2v) is 8.83. The number of furan rings is 1. The van der Waals surface area contributed by atoms with Crippen LogP contribution in [0.4, 0.5) is 4.79 Å². The summed E-state index contributed by atoms with van der Waals surface area (Å²) in [5, 5.41) is 8.76. The lowest BCUT2D eigenvalue weighted by molar-refractivity contribution is -0.140. The third-order valence-corrected chi connectivity index (χ3v) is 6.69. The standard InChI is InChI=1S/C27H26N4O4/c1-3-27(20-8-5-4-6-9-20)25(33)30(26(34)28-27)17-24(32)31-22(23-10-7-15-35-23)16-21(29-31)19-13-11-18(2)12-14-19/h4-15,22H,3,16-17H2,1-2H3,(H,28,34)/t22-,27-/m1/s1. The van der Waals surface area contributed by atoms with Crippen molar-refractivity contribution in [3.8, 4) is 0 Å². The summed E-state index contributed by atoms with van der Waals surface area (Å²) in [5.74, 6) is -0.313. The number of rotatable bonds is 6. The second kappa shape index (κ2) is 8.87. The van der Waals surface area contributed by atoms with Crippen LogP contribution in [0.5, 0.6) is 0 Å². The van der Waals surface area contributed by atoms with Gasteiger partial charge in [0.1, 0.15) is 23.9 Å². The second-order valence-electron chi connectivity index (χ2n) is 8.83. The highest BCUT2D eigenvalue weighted by molar-refractivity contribution is 6.10. The number of imide groups is 1. The van der Waals surface area contributed by atoms with E-state index < -0.39 is 36.0 Å². The molecule has 0 aliphatic carbocycles. The van der Waals surface area contributed by atoms with Crippen LogP contribution in [0.15, 0.2) is 82.5 Å². The lowest BCUT2D eigenvalue weighted by Gasteiger charge is -2.26. The maximum absolute atomic E-state index is 13.5. The zero-order valence-corrected chi connectivity index (χ0v) is 19.6. The summed E-state index contributed by atoms with van der Waals surface area (Å²) in [6.07, 6.45) is 2.38. The van der Waals surface area contributed by atoms with Crippen LogP contribution in [0.25, 0.3) is 0 Å². The van der Waals surface area contributed by atoms with E-state index in [2.05, 4.69) is 10.4 Å². The minimum absolute atomic E-state index is 0.362. The molecule has 2 aliphatic heterocycles. The number of benzene rings is 2. The van der Waals surface area contributed by atoms with Gasteiger partial charge in [0.15, 0.2) is 0 Å². The Labute approximate surface area is 203 Å². The van der Waals surface area contributed by atoms with Crippen LogP contribution in [0.2, 0.25) is 0 Å². The van der Waals surface area contributed by atoms with Crippen LogP contribution in [0, 0.1) is 6.92 Å². The fraction of sp³-hybridized carbons (Fsp3) is 0.259. The highest BCUT2D eigenvalue weighted by Crippen LogP contribution is 2.35. The first-order chi connectivity index (χ1) is 16.9. The van der Waals surface area contributed by atoms with Crippen LogP contribution in [-0.2, 0) is 15.1 Å². The Morgan fingerprint density at radius 1 is 1.09 bits per heavy atom. The summed E-state index contributed by atoms with van der Waals surface area (Å²) in [7, 11) is 0. The van der Waals surface area contributed by atoms with E-state index in [1.165, 1.54) is 5.01 Å². The predicted octanol–water partition coefficient (Wildman–Crippen LogP) is 4.12. The van der Waals surface area contributed by atoms with Crippen LogP contribution >= 0.6 is 0 Å². The van der Waals surface area contributed by atoms with Crippen molar-refractivity contribution in [1.29, 1.82) is 0 Å². The number of nitrogens with zero attached hydrogens (tertiary/aromatic N) is 3. The molecule has 3 heterocycles. The van der Waals surface area contributed by atoms with Crippen molar-refractivity contribution in [2.75, 3.05) is 6.54 Å². The molecule has 1 fully saturated rings. The van der Waals surface area contributed by atoms with Gasteiger partial charge in [-0.05, 0) is 36.6 Å². The average Bonchev–Trinajstić information content (AvgIpc) is 3.61. The van der Waals surface area contributed by atoms with Crippen LogP contribution in [0.3, 0.4) is 0 Å². The van der Waals surface area contributed by atoms with Crippen molar-refractivity contribution in [2.45, 2.75) is 38.3 Å². The topological polar surface area (TPSA) is 95.2 Å². The van der Waals surface area contributed by atoms with Crippen molar-refractivity contribution < 1.29 is 18.8 Å². The summed E-state index contributed by atoms with van der Waals surface area (Å²) in [6.45, 7) is 3.43. The van der Waals surface area contributed by atoms with Gasteiger partial charge in [-0.1, -0.05) is 67.1 Å². The van der Waals surface area contributed by atoms with E-state index >= 15 is 0 Å². The third kappa shape index (κ3) is 3.90. The third-order valence-electron chi connectivity index (χ3n) is 6.69. The Morgan fingerprint density at radius 2 is 1.83 bits per heavy atom. The van der Waals surface area contributed by atoms with Crippen LogP contribution in [0.1, 0.15) is 48.3 Å². The van der Waals surface area contributed by atoms with Gasteiger partial charge in [-0.25, -0.2) is 9.80 Å². The zero-order chi connectivity index (χ0) is 24.6. The maximum Gasteiger partial charge on any atom is 0.325 e. The number of hydrazone groups is 1. The Bertz CT molecular complexity index is 1280. The molecule has 178 valence electrons. The summed E-state index contributed by atoms with van der Waals surface area (Å²) in [5.41, 5.74) is 2.26. The summed E-state index contributed by atoms with van der Waals surface area (Å²) < 4.78 is 5.59.